The van der Waals surface area contributed by atoms with E-state index in [9.17, 15) is 4.79 Å². The highest BCUT2D eigenvalue weighted by atomic mass is 16.2. The number of nitrogens with one attached hydrogen (secondary N) is 2. The summed E-state index contributed by atoms with van der Waals surface area (Å²) in [4.78, 5) is 18.0. The third kappa shape index (κ3) is 3.58. The first-order valence-electron chi connectivity index (χ1n) is 9.36. The molecular weight excluding hydrogens is 336 g/mol. The molecule has 0 bridgehead atoms. The highest BCUT2D eigenvalue weighted by molar-refractivity contribution is 5.99. The van der Waals surface area contributed by atoms with Gasteiger partial charge < -0.3 is 9.88 Å². The van der Waals surface area contributed by atoms with Crippen LogP contribution < -0.4 is 10.3 Å². The van der Waals surface area contributed by atoms with Crippen LogP contribution in [0, 0.1) is 0 Å². The Kier molecular flexibility index (Phi) is 4.67. The van der Waals surface area contributed by atoms with Gasteiger partial charge >= 0.3 is 0 Å². The Morgan fingerprint density at radius 3 is 2.67 bits per heavy atom. The van der Waals surface area contributed by atoms with Crippen molar-refractivity contribution in [3.05, 3.63) is 64.8 Å². The molecule has 4 rings (SSSR count). The number of H-pyrrole nitrogens is 1. The molecule has 0 atom stereocenters. The normalized spacial score (nSPS) is 13.7. The average molecular weight is 360 g/mol. The largest absolute Gasteiger partial charge is 0.378 e. The van der Waals surface area contributed by atoms with Gasteiger partial charge in [-0.25, -0.2) is 5.43 Å². The molecule has 2 aromatic carbocycles. The van der Waals surface area contributed by atoms with Crippen LogP contribution in [0.1, 0.15) is 40.0 Å². The number of hydrogen-bond donors (Lipinski definition) is 2. The van der Waals surface area contributed by atoms with E-state index in [-0.39, 0.29) is 5.91 Å². The van der Waals surface area contributed by atoms with Gasteiger partial charge in [0.15, 0.2) is 0 Å². The maximum Gasteiger partial charge on any atom is 0.271 e. The van der Waals surface area contributed by atoms with Crippen molar-refractivity contribution in [1.29, 1.82) is 0 Å². The van der Waals surface area contributed by atoms with Crippen molar-refractivity contribution in [3.63, 3.8) is 0 Å². The quantitative estimate of drug-likeness (QED) is 0.548. The molecule has 0 saturated carbocycles. The molecule has 0 saturated heterocycles. The van der Waals surface area contributed by atoms with Crippen LogP contribution in [0.15, 0.2) is 47.6 Å². The third-order valence-corrected chi connectivity index (χ3v) is 5.15. The van der Waals surface area contributed by atoms with Gasteiger partial charge in [0, 0.05) is 41.9 Å². The second kappa shape index (κ2) is 7.27. The highest BCUT2D eigenvalue weighted by Crippen LogP contribution is 2.29. The summed E-state index contributed by atoms with van der Waals surface area (Å²) >= 11 is 0. The lowest BCUT2D eigenvalue weighted by Crippen LogP contribution is -2.17. The molecule has 1 aromatic heterocycles. The Morgan fingerprint density at radius 2 is 1.89 bits per heavy atom. The summed E-state index contributed by atoms with van der Waals surface area (Å²) in [6, 6.07) is 13.8. The number of carbonyl (C=O) groups excluding carboxylic acids is 1. The standard InChI is InChI=1S/C22H24N4O/c1-26(2)17-10-7-15(8-11-17)14-23-25-22(27)16-9-12-21-19(13-16)18-5-3-4-6-20(18)24-21/h7-14,24H,3-6H2,1-2H3,(H,25,27)/b23-14+. The summed E-state index contributed by atoms with van der Waals surface area (Å²) in [5.41, 5.74) is 9.14. The Morgan fingerprint density at radius 1 is 1.11 bits per heavy atom. The van der Waals surface area contributed by atoms with Gasteiger partial charge in [0.2, 0.25) is 0 Å². The fourth-order valence-corrected chi connectivity index (χ4v) is 3.64. The zero-order valence-corrected chi connectivity index (χ0v) is 15.7. The summed E-state index contributed by atoms with van der Waals surface area (Å²) in [5, 5.41) is 5.27. The first kappa shape index (κ1) is 17.3. The summed E-state index contributed by atoms with van der Waals surface area (Å²) in [6.45, 7) is 0. The fraction of sp³-hybridized carbons (Fsp3) is 0.273. The summed E-state index contributed by atoms with van der Waals surface area (Å²) in [5.74, 6) is -0.191. The van der Waals surface area contributed by atoms with E-state index in [1.807, 2.05) is 61.5 Å². The molecule has 0 radical (unpaired) electrons. The number of carbonyl (C=O) groups is 1. The zero-order chi connectivity index (χ0) is 18.8. The van der Waals surface area contributed by atoms with Crippen molar-refractivity contribution in [3.8, 4) is 0 Å². The van der Waals surface area contributed by atoms with E-state index < -0.39 is 0 Å². The Hall–Kier alpha value is -3.08. The number of nitrogens with zero attached hydrogens (tertiary/aromatic N) is 2. The van der Waals surface area contributed by atoms with E-state index in [1.165, 1.54) is 29.5 Å². The predicted molar refractivity (Wildman–Crippen MR) is 111 cm³/mol. The number of aromatic amines is 1. The molecule has 0 fully saturated rings. The minimum atomic E-state index is -0.191. The molecule has 5 nitrogen and oxygen atoms in total. The van der Waals surface area contributed by atoms with E-state index in [4.69, 9.17) is 0 Å². The number of hydrazone groups is 1. The van der Waals surface area contributed by atoms with Crippen molar-refractivity contribution in [1.82, 2.24) is 10.4 Å². The monoisotopic (exact) mass is 360 g/mol. The number of aromatic nitrogens is 1. The molecule has 138 valence electrons. The topological polar surface area (TPSA) is 60.5 Å². The van der Waals surface area contributed by atoms with Crippen molar-refractivity contribution >= 4 is 28.7 Å². The molecule has 1 aliphatic carbocycles. The highest BCUT2D eigenvalue weighted by Gasteiger charge is 2.16. The smallest absolute Gasteiger partial charge is 0.271 e. The van der Waals surface area contributed by atoms with Crippen molar-refractivity contribution < 1.29 is 4.79 Å². The lowest BCUT2D eigenvalue weighted by atomic mass is 9.95. The predicted octanol–water partition coefficient (Wildman–Crippen LogP) is 3.88. The Bertz CT molecular complexity index is 999. The molecule has 1 aliphatic rings. The SMILES string of the molecule is CN(C)c1ccc(/C=N/NC(=O)c2ccc3[nH]c4c(c3c2)CCCC4)cc1. The summed E-state index contributed by atoms with van der Waals surface area (Å²) < 4.78 is 0. The molecule has 3 aromatic rings. The molecule has 0 aliphatic heterocycles. The molecular formula is C22H24N4O. The fourth-order valence-electron chi connectivity index (χ4n) is 3.64. The van der Waals surface area contributed by atoms with Gasteiger partial charge in [-0.1, -0.05) is 12.1 Å². The maximum absolute atomic E-state index is 12.5. The van der Waals surface area contributed by atoms with Gasteiger partial charge in [0.1, 0.15) is 0 Å². The first-order chi connectivity index (χ1) is 13.1. The first-order valence-corrected chi connectivity index (χ1v) is 9.36. The Balaban J connectivity index is 1.47. The number of benzene rings is 2. The van der Waals surface area contributed by atoms with E-state index in [0.29, 0.717) is 5.56 Å². The Labute approximate surface area is 159 Å². The van der Waals surface area contributed by atoms with Gasteiger partial charge in [0.05, 0.1) is 6.21 Å². The number of rotatable bonds is 4. The van der Waals surface area contributed by atoms with Crippen molar-refractivity contribution in [2.24, 2.45) is 5.10 Å². The van der Waals surface area contributed by atoms with Gasteiger partial charge in [-0.2, -0.15) is 5.10 Å². The van der Waals surface area contributed by atoms with Crippen molar-refractivity contribution in [2.45, 2.75) is 25.7 Å². The van der Waals surface area contributed by atoms with Crippen LogP contribution in [-0.4, -0.2) is 31.2 Å². The lowest BCUT2D eigenvalue weighted by Gasteiger charge is -2.11. The number of anilines is 1. The minimum Gasteiger partial charge on any atom is -0.378 e. The average Bonchev–Trinajstić information content (AvgIpc) is 3.06. The molecule has 2 N–H and O–H groups in total. The number of fused-ring (bicyclic) bond motifs is 3. The van der Waals surface area contributed by atoms with Crippen LogP contribution in [0.3, 0.4) is 0 Å². The van der Waals surface area contributed by atoms with Gasteiger partial charge in [-0.15, -0.1) is 0 Å². The van der Waals surface area contributed by atoms with Crippen LogP contribution in [0.4, 0.5) is 5.69 Å². The molecule has 27 heavy (non-hydrogen) atoms. The van der Waals surface area contributed by atoms with Crippen molar-refractivity contribution in [2.75, 3.05) is 19.0 Å². The van der Waals surface area contributed by atoms with E-state index in [0.717, 1.165) is 29.6 Å². The lowest BCUT2D eigenvalue weighted by molar-refractivity contribution is 0.0955. The number of aryl methyl sites for hydroxylation is 2. The number of amides is 1. The van der Waals surface area contributed by atoms with E-state index in [2.05, 4.69) is 15.5 Å². The third-order valence-electron chi connectivity index (χ3n) is 5.15. The van der Waals surface area contributed by atoms with Crippen LogP contribution in [-0.2, 0) is 12.8 Å². The van der Waals surface area contributed by atoms with Crippen LogP contribution in [0.2, 0.25) is 0 Å². The number of hydrogen-bond acceptors (Lipinski definition) is 3. The molecule has 0 unspecified atom stereocenters. The molecule has 1 heterocycles. The van der Waals surface area contributed by atoms with E-state index >= 15 is 0 Å². The second-order valence-corrected chi connectivity index (χ2v) is 7.23. The summed E-state index contributed by atoms with van der Waals surface area (Å²) in [6.07, 6.45) is 6.29. The molecule has 0 spiro atoms. The van der Waals surface area contributed by atoms with Gasteiger partial charge in [0.25, 0.3) is 5.91 Å². The zero-order valence-electron chi connectivity index (χ0n) is 15.7. The van der Waals surface area contributed by atoms with Crippen LogP contribution >= 0.6 is 0 Å². The van der Waals surface area contributed by atoms with E-state index in [1.54, 1.807) is 6.21 Å². The molecule has 1 amide bonds. The summed E-state index contributed by atoms with van der Waals surface area (Å²) in [7, 11) is 4.00. The van der Waals surface area contributed by atoms with Gasteiger partial charge in [-0.05, 0) is 67.1 Å². The minimum absolute atomic E-state index is 0.191. The maximum atomic E-state index is 12.5. The van der Waals surface area contributed by atoms with Crippen LogP contribution in [0.25, 0.3) is 10.9 Å². The van der Waals surface area contributed by atoms with Crippen LogP contribution in [0.5, 0.6) is 0 Å². The second-order valence-electron chi connectivity index (χ2n) is 7.23. The van der Waals surface area contributed by atoms with Gasteiger partial charge in [-0.3, -0.25) is 4.79 Å². The molecule has 5 heteroatoms.